The van der Waals surface area contributed by atoms with Gasteiger partial charge in [-0.15, -0.1) is 0 Å². The van der Waals surface area contributed by atoms with Gasteiger partial charge in [-0.3, -0.25) is 14.9 Å². The number of benzene rings is 1. The smallest absolute Gasteiger partial charge is 0.276 e. The molecule has 0 unspecified atom stereocenters. The summed E-state index contributed by atoms with van der Waals surface area (Å²) in [5.41, 5.74) is 0.917. The molecule has 19 heavy (non-hydrogen) atoms. The molecular weight excluding hydrogens is 253 g/mol. The van der Waals surface area contributed by atoms with Gasteiger partial charge in [-0.05, 0) is 23.8 Å². The number of urea groups is 1. The zero-order chi connectivity index (χ0) is 13.6. The maximum atomic E-state index is 13.1. The Labute approximate surface area is 107 Å². The van der Waals surface area contributed by atoms with Crippen molar-refractivity contribution < 1.29 is 18.8 Å². The minimum absolute atomic E-state index is 0.132. The van der Waals surface area contributed by atoms with Gasteiger partial charge >= 0.3 is 6.03 Å². The number of nitrogens with one attached hydrogen (secondary N) is 1. The Morgan fingerprint density at radius 1 is 1.16 bits per heavy atom. The zero-order valence-electron chi connectivity index (χ0n) is 9.85. The number of hydrogen-bond donors (Lipinski definition) is 1. The lowest BCUT2D eigenvalue weighted by Gasteiger charge is -2.33. The highest BCUT2D eigenvalue weighted by Gasteiger charge is 2.36. The Bertz CT molecular complexity index is 602. The van der Waals surface area contributed by atoms with Crippen LogP contribution in [0.3, 0.4) is 0 Å². The van der Waals surface area contributed by atoms with E-state index in [0.717, 1.165) is 0 Å². The lowest BCUT2D eigenvalue weighted by atomic mass is 10.1. The third kappa shape index (κ3) is 1.83. The summed E-state index contributed by atoms with van der Waals surface area (Å²) in [5, 5.41) is 4.56. The highest BCUT2D eigenvalue weighted by molar-refractivity contribution is 6.01. The van der Waals surface area contributed by atoms with Crippen LogP contribution >= 0.6 is 0 Å². The number of carbonyl (C=O) groups excluding carboxylic acids is 3. The van der Waals surface area contributed by atoms with Gasteiger partial charge in [-0.1, -0.05) is 0 Å². The number of rotatable bonds is 1. The van der Waals surface area contributed by atoms with Crippen LogP contribution in [0, 0.1) is 5.82 Å². The van der Waals surface area contributed by atoms with Gasteiger partial charge in [-0.2, -0.15) is 0 Å². The molecule has 98 valence electrons. The summed E-state index contributed by atoms with van der Waals surface area (Å²) >= 11 is 0. The van der Waals surface area contributed by atoms with Gasteiger partial charge in [0.15, 0.2) is 0 Å². The fourth-order valence-corrected chi connectivity index (χ4v) is 2.25. The van der Waals surface area contributed by atoms with E-state index in [0.29, 0.717) is 11.1 Å². The molecule has 2 aliphatic heterocycles. The summed E-state index contributed by atoms with van der Waals surface area (Å²) in [6.45, 7) is 0.278. The average molecular weight is 263 g/mol. The summed E-state index contributed by atoms with van der Waals surface area (Å²) in [7, 11) is 0. The van der Waals surface area contributed by atoms with E-state index in [2.05, 4.69) is 5.32 Å². The summed E-state index contributed by atoms with van der Waals surface area (Å²) in [4.78, 5) is 34.9. The van der Waals surface area contributed by atoms with E-state index in [9.17, 15) is 18.8 Å². The van der Waals surface area contributed by atoms with Crippen LogP contribution in [0.5, 0.6) is 0 Å². The van der Waals surface area contributed by atoms with Crippen LogP contribution in [0.25, 0.3) is 0 Å². The first-order chi connectivity index (χ1) is 9.06. The molecule has 0 aliphatic carbocycles. The van der Waals surface area contributed by atoms with Crippen LogP contribution < -0.4 is 5.32 Å². The molecule has 0 bridgehead atoms. The van der Waals surface area contributed by atoms with Crippen molar-refractivity contribution in [1.82, 2.24) is 15.3 Å². The minimum atomic E-state index is -0.627. The van der Waals surface area contributed by atoms with Gasteiger partial charge in [0, 0.05) is 12.0 Å². The Morgan fingerprint density at radius 2 is 1.95 bits per heavy atom. The lowest BCUT2D eigenvalue weighted by Crippen LogP contribution is -2.56. The van der Waals surface area contributed by atoms with Gasteiger partial charge in [-0.25, -0.2) is 19.2 Å². The molecule has 1 aromatic rings. The van der Waals surface area contributed by atoms with Crippen molar-refractivity contribution in [1.29, 1.82) is 0 Å². The van der Waals surface area contributed by atoms with E-state index in [1.54, 1.807) is 0 Å². The van der Waals surface area contributed by atoms with Crippen molar-refractivity contribution in [3.8, 4) is 0 Å². The molecular formula is C12H10FN3O3. The van der Waals surface area contributed by atoms with Gasteiger partial charge in [0.05, 0.1) is 13.1 Å². The number of hydrogen-bond acceptors (Lipinski definition) is 3. The van der Waals surface area contributed by atoms with Crippen LogP contribution in [-0.2, 0) is 11.3 Å². The Kier molecular flexibility index (Phi) is 2.48. The van der Waals surface area contributed by atoms with Crippen molar-refractivity contribution >= 4 is 17.8 Å². The molecule has 0 radical (unpaired) electrons. The van der Waals surface area contributed by atoms with Crippen LogP contribution in [0.4, 0.5) is 9.18 Å². The Morgan fingerprint density at radius 3 is 2.68 bits per heavy atom. The fourth-order valence-electron chi connectivity index (χ4n) is 2.25. The number of nitrogens with zero attached hydrogens (tertiary/aromatic N) is 2. The van der Waals surface area contributed by atoms with E-state index < -0.39 is 11.8 Å². The van der Waals surface area contributed by atoms with Gasteiger partial charge in [0.25, 0.3) is 5.91 Å². The normalized spacial score (nSPS) is 18.7. The van der Waals surface area contributed by atoms with Crippen LogP contribution in [0.15, 0.2) is 18.2 Å². The molecule has 6 nitrogen and oxygen atoms in total. The number of fused-ring (bicyclic) bond motifs is 1. The summed E-state index contributed by atoms with van der Waals surface area (Å²) in [6, 6.07) is 3.26. The minimum Gasteiger partial charge on any atom is -0.276 e. The van der Waals surface area contributed by atoms with Crippen molar-refractivity contribution in [3.63, 3.8) is 0 Å². The molecule has 2 aliphatic rings. The number of amides is 4. The number of imide groups is 1. The molecule has 1 N–H and O–H groups in total. The van der Waals surface area contributed by atoms with E-state index in [1.807, 2.05) is 0 Å². The highest BCUT2D eigenvalue weighted by atomic mass is 19.1. The zero-order valence-corrected chi connectivity index (χ0v) is 9.85. The van der Waals surface area contributed by atoms with Crippen molar-refractivity contribution in [2.45, 2.75) is 13.0 Å². The molecule has 4 amide bonds. The third-order valence-corrected chi connectivity index (χ3v) is 3.18. The maximum absolute atomic E-state index is 13.1. The van der Waals surface area contributed by atoms with Crippen LogP contribution in [0.2, 0.25) is 0 Å². The second kappa shape index (κ2) is 4.04. The standard InChI is InChI=1S/C12H10FN3O3/c13-8-1-2-9-7(5-8)6-16(11(9)18)15-4-3-10(17)14-12(15)19/h1-2,5H,3-4,6H2,(H,14,17,19). The van der Waals surface area contributed by atoms with Crippen LogP contribution in [-0.4, -0.2) is 34.4 Å². The largest absolute Gasteiger partial charge is 0.342 e. The summed E-state index contributed by atoms with van der Waals surface area (Å²) in [6.07, 6.45) is 0.139. The van der Waals surface area contributed by atoms with Gasteiger partial charge in [0.2, 0.25) is 5.91 Å². The second-order valence-electron chi connectivity index (χ2n) is 4.39. The van der Waals surface area contributed by atoms with E-state index in [4.69, 9.17) is 0 Å². The van der Waals surface area contributed by atoms with E-state index >= 15 is 0 Å². The Balaban J connectivity index is 1.87. The SMILES string of the molecule is O=C1CCN(N2Cc3cc(F)ccc3C2=O)C(=O)N1. The molecule has 0 saturated carbocycles. The third-order valence-electron chi connectivity index (χ3n) is 3.18. The molecule has 0 spiro atoms. The molecule has 7 heteroatoms. The van der Waals surface area contributed by atoms with E-state index in [-0.39, 0.29) is 31.3 Å². The van der Waals surface area contributed by atoms with Crippen molar-refractivity contribution in [2.75, 3.05) is 6.54 Å². The molecule has 0 aromatic heterocycles. The predicted octanol–water partition coefficient (Wildman–Crippen LogP) is 0.638. The predicted molar refractivity (Wildman–Crippen MR) is 61.1 cm³/mol. The maximum Gasteiger partial charge on any atom is 0.342 e. The fraction of sp³-hybridized carbons (Fsp3) is 0.250. The number of halogens is 1. The molecule has 1 saturated heterocycles. The average Bonchev–Trinajstić information content (AvgIpc) is 2.66. The van der Waals surface area contributed by atoms with E-state index in [1.165, 1.54) is 28.2 Å². The van der Waals surface area contributed by atoms with Gasteiger partial charge < -0.3 is 0 Å². The quantitative estimate of drug-likeness (QED) is 0.808. The van der Waals surface area contributed by atoms with Crippen molar-refractivity contribution in [3.05, 3.63) is 35.1 Å². The molecule has 1 aromatic carbocycles. The van der Waals surface area contributed by atoms with Crippen molar-refractivity contribution in [2.24, 2.45) is 0 Å². The lowest BCUT2D eigenvalue weighted by molar-refractivity contribution is -0.123. The molecule has 3 rings (SSSR count). The molecule has 1 fully saturated rings. The molecule has 2 heterocycles. The van der Waals surface area contributed by atoms with Crippen LogP contribution in [0.1, 0.15) is 22.3 Å². The first kappa shape index (κ1) is 11.6. The highest BCUT2D eigenvalue weighted by Crippen LogP contribution is 2.25. The van der Waals surface area contributed by atoms with Gasteiger partial charge in [0.1, 0.15) is 5.82 Å². The topological polar surface area (TPSA) is 69.7 Å². The number of carbonyl (C=O) groups is 3. The summed E-state index contributed by atoms with van der Waals surface area (Å²) in [5.74, 6) is -1.15. The first-order valence-corrected chi connectivity index (χ1v) is 5.78. The second-order valence-corrected chi connectivity index (χ2v) is 4.39. The summed E-state index contributed by atoms with van der Waals surface area (Å²) < 4.78 is 13.1. The first-order valence-electron chi connectivity index (χ1n) is 5.78. The molecule has 0 atom stereocenters. The monoisotopic (exact) mass is 263 g/mol. The number of hydrazine groups is 1. The Hall–Kier alpha value is -2.44.